The largest absolute Gasteiger partial charge is 0.378 e. The van der Waals surface area contributed by atoms with Gasteiger partial charge in [0.25, 0.3) is 0 Å². The molecule has 29 heavy (non-hydrogen) atoms. The molecular formula is C21H31N7O. The highest BCUT2D eigenvalue weighted by atomic mass is 16.5. The molecule has 2 aliphatic heterocycles. The van der Waals surface area contributed by atoms with Crippen molar-refractivity contribution in [2.45, 2.75) is 25.8 Å². The predicted molar refractivity (Wildman–Crippen MR) is 114 cm³/mol. The first-order valence-corrected chi connectivity index (χ1v) is 10.5. The molecule has 2 aromatic rings. The van der Waals surface area contributed by atoms with Crippen molar-refractivity contribution in [2.75, 3.05) is 50.8 Å². The summed E-state index contributed by atoms with van der Waals surface area (Å²) in [7, 11) is 1.97. The summed E-state index contributed by atoms with van der Waals surface area (Å²) in [5, 5.41) is 7.80. The molecule has 4 rings (SSSR count). The number of hydrogen-bond acceptors (Lipinski definition) is 5. The van der Waals surface area contributed by atoms with Gasteiger partial charge in [-0.3, -0.25) is 4.68 Å². The van der Waals surface area contributed by atoms with E-state index in [1.807, 2.05) is 30.2 Å². The van der Waals surface area contributed by atoms with E-state index < -0.39 is 0 Å². The zero-order valence-corrected chi connectivity index (χ0v) is 17.4. The van der Waals surface area contributed by atoms with Crippen LogP contribution in [0.4, 0.5) is 5.82 Å². The molecule has 156 valence electrons. The van der Waals surface area contributed by atoms with E-state index in [9.17, 15) is 0 Å². The number of anilines is 1. The third-order valence-electron chi connectivity index (χ3n) is 5.60. The van der Waals surface area contributed by atoms with Crippen molar-refractivity contribution in [3.8, 4) is 0 Å². The Bertz CT molecular complexity index is 828. The highest BCUT2D eigenvalue weighted by molar-refractivity contribution is 5.80. The Kier molecular flexibility index (Phi) is 6.29. The molecule has 0 aliphatic carbocycles. The maximum Gasteiger partial charge on any atom is 0.194 e. The first kappa shape index (κ1) is 19.7. The van der Waals surface area contributed by atoms with E-state index in [2.05, 4.69) is 44.4 Å². The number of aryl methyl sites for hydroxylation is 1. The number of guanidine groups is 1. The Labute approximate surface area is 172 Å². The summed E-state index contributed by atoms with van der Waals surface area (Å²) in [5.41, 5.74) is 2.47. The number of ether oxygens (including phenoxy) is 1. The minimum atomic E-state index is 0.509. The molecule has 2 fully saturated rings. The number of nitrogens with one attached hydrogen (secondary N) is 1. The lowest BCUT2D eigenvalue weighted by molar-refractivity contribution is 0.122. The standard InChI is InChI=1S/C21H31N7O/c1-3-22-21(28-8-6-18(16-28)19-14-25-26(2)15-19)24-13-17-5-4-7-23-20(17)27-9-11-29-12-10-27/h4-5,7,14-15,18H,3,6,8-13,16H2,1-2H3,(H,22,24). The second-order valence-corrected chi connectivity index (χ2v) is 7.63. The minimum Gasteiger partial charge on any atom is -0.378 e. The Morgan fingerprint density at radius 1 is 1.31 bits per heavy atom. The molecule has 0 amide bonds. The summed E-state index contributed by atoms with van der Waals surface area (Å²) in [5.74, 6) is 2.52. The Hall–Kier alpha value is -2.61. The molecule has 0 spiro atoms. The third kappa shape index (κ3) is 4.70. The van der Waals surface area contributed by atoms with E-state index >= 15 is 0 Å². The maximum atomic E-state index is 5.49. The van der Waals surface area contributed by atoms with Gasteiger partial charge in [-0.05, 0) is 25.0 Å². The van der Waals surface area contributed by atoms with Gasteiger partial charge in [0.2, 0.25) is 0 Å². The van der Waals surface area contributed by atoms with E-state index in [0.29, 0.717) is 12.5 Å². The van der Waals surface area contributed by atoms with E-state index in [0.717, 1.165) is 69.7 Å². The monoisotopic (exact) mass is 397 g/mol. The van der Waals surface area contributed by atoms with Crippen molar-refractivity contribution in [1.29, 1.82) is 0 Å². The van der Waals surface area contributed by atoms with Gasteiger partial charge in [-0.1, -0.05) is 6.07 Å². The fourth-order valence-corrected chi connectivity index (χ4v) is 4.08. The zero-order valence-electron chi connectivity index (χ0n) is 17.4. The lowest BCUT2D eigenvalue weighted by atomic mass is 10.0. The van der Waals surface area contributed by atoms with Crippen molar-refractivity contribution in [1.82, 2.24) is 25.0 Å². The molecule has 8 heteroatoms. The molecule has 1 atom stereocenters. The number of aliphatic imine (C=N–C) groups is 1. The fourth-order valence-electron chi connectivity index (χ4n) is 4.08. The van der Waals surface area contributed by atoms with Crippen molar-refractivity contribution in [3.05, 3.63) is 41.9 Å². The summed E-state index contributed by atoms with van der Waals surface area (Å²) < 4.78 is 7.37. The zero-order chi connectivity index (χ0) is 20.1. The van der Waals surface area contributed by atoms with Gasteiger partial charge >= 0.3 is 0 Å². The first-order chi connectivity index (χ1) is 14.2. The van der Waals surface area contributed by atoms with E-state index in [1.165, 1.54) is 5.56 Å². The molecule has 1 unspecified atom stereocenters. The molecule has 4 heterocycles. The van der Waals surface area contributed by atoms with Crippen molar-refractivity contribution in [3.63, 3.8) is 0 Å². The Balaban J connectivity index is 1.47. The minimum absolute atomic E-state index is 0.509. The topological polar surface area (TPSA) is 70.8 Å². The molecule has 8 nitrogen and oxygen atoms in total. The second kappa shape index (κ2) is 9.26. The number of nitrogens with zero attached hydrogens (tertiary/aromatic N) is 6. The second-order valence-electron chi connectivity index (χ2n) is 7.63. The quantitative estimate of drug-likeness (QED) is 0.611. The fraction of sp³-hybridized carbons (Fsp3) is 0.571. The van der Waals surface area contributed by atoms with Crippen molar-refractivity contribution >= 4 is 11.8 Å². The average molecular weight is 398 g/mol. The van der Waals surface area contributed by atoms with Crippen LogP contribution in [0.25, 0.3) is 0 Å². The van der Waals surface area contributed by atoms with Crippen LogP contribution < -0.4 is 10.2 Å². The van der Waals surface area contributed by atoms with E-state index in [4.69, 9.17) is 9.73 Å². The van der Waals surface area contributed by atoms with Gasteiger partial charge in [0.05, 0.1) is 26.0 Å². The lowest BCUT2D eigenvalue weighted by Crippen LogP contribution is -2.40. The maximum absolute atomic E-state index is 5.49. The smallest absolute Gasteiger partial charge is 0.194 e. The molecule has 0 radical (unpaired) electrons. The van der Waals surface area contributed by atoms with Crippen molar-refractivity contribution in [2.24, 2.45) is 12.0 Å². The van der Waals surface area contributed by atoms with Gasteiger partial charge in [0.15, 0.2) is 5.96 Å². The molecule has 0 aromatic carbocycles. The summed E-state index contributed by atoms with van der Waals surface area (Å²) in [6.45, 7) is 8.85. The molecular weight excluding hydrogens is 366 g/mol. The van der Waals surface area contributed by atoms with Gasteiger partial charge < -0.3 is 19.9 Å². The first-order valence-electron chi connectivity index (χ1n) is 10.5. The number of pyridine rings is 1. The Morgan fingerprint density at radius 2 is 2.17 bits per heavy atom. The average Bonchev–Trinajstić information content (AvgIpc) is 3.41. The van der Waals surface area contributed by atoms with Crippen LogP contribution in [0.1, 0.15) is 30.4 Å². The summed E-state index contributed by atoms with van der Waals surface area (Å²) in [6.07, 6.45) is 7.11. The predicted octanol–water partition coefficient (Wildman–Crippen LogP) is 1.61. The van der Waals surface area contributed by atoms with Crippen LogP contribution in [0.15, 0.2) is 35.7 Å². The van der Waals surface area contributed by atoms with Crippen LogP contribution >= 0.6 is 0 Å². The van der Waals surface area contributed by atoms with Gasteiger partial charge in [-0.25, -0.2) is 9.98 Å². The number of morpholine rings is 1. The highest BCUT2D eigenvalue weighted by Gasteiger charge is 2.27. The Morgan fingerprint density at radius 3 is 2.93 bits per heavy atom. The highest BCUT2D eigenvalue weighted by Crippen LogP contribution is 2.27. The number of likely N-dealkylation sites (tertiary alicyclic amines) is 1. The van der Waals surface area contributed by atoms with Gasteiger partial charge in [-0.15, -0.1) is 0 Å². The van der Waals surface area contributed by atoms with Crippen LogP contribution in [0.5, 0.6) is 0 Å². The van der Waals surface area contributed by atoms with Gasteiger partial charge in [0.1, 0.15) is 5.82 Å². The van der Waals surface area contributed by atoms with E-state index in [1.54, 1.807) is 0 Å². The van der Waals surface area contributed by atoms with Crippen LogP contribution in [0.3, 0.4) is 0 Å². The van der Waals surface area contributed by atoms with Crippen LogP contribution in [-0.4, -0.2) is 71.6 Å². The number of aromatic nitrogens is 3. The molecule has 2 aromatic heterocycles. The molecule has 0 saturated carbocycles. The lowest BCUT2D eigenvalue weighted by Gasteiger charge is -2.29. The summed E-state index contributed by atoms with van der Waals surface area (Å²) in [6, 6.07) is 4.13. The van der Waals surface area contributed by atoms with Gasteiger partial charge in [-0.2, -0.15) is 5.10 Å². The molecule has 0 bridgehead atoms. The molecule has 2 saturated heterocycles. The summed E-state index contributed by atoms with van der Waals surface area (Å²) in [4.78, 5) is 14.3. The summed E-state index contributed by atoms with van der Waals surface area (Å²) >= 11 is 0. The van der Waals surface area contributed by atoms with E-state index in [-0.39, 0.29) is 0 Å². The van der Waals surface area contributed by atoms with Gasteiger partial charge in [0, 0.05) is 63.6 Å². The number of hydrogen-bond donors (Lipinski definition) is 1. The normalized spacial score (nSPS) is 20.3. The molecule has 1 N–H and O–H groups in total. The van der Waals surface area contributed by atoms with Crippen LogP contribution in [-0.2, 0) is 18.3 Å². The number of rotatable bonds is 5. The SMILES string of the molecule is CCNC(=NCc1cccnc1N1CCOCC1)N1CCC(c2cnn(C)c2)C1. The molecule has 2 aliphatic rings. The van der Waals surface area contributed by atoms with Crippen LogP contribution in [0.2, 0.25) is 0 Å². The van der Waals surface area contributed by atoms with Crippen LogP contribution in [0, 0.1) is 0 Å². The third-order valence-corrected chi connectivity index (χ3v) is 5.60. The van der Waals surface area contributed by atoms with Crippen molar-refractivity contribution < 1.29 is 4.74 Å².